The second-order valence-corrected chi connectivity index (χ2v) is 22.7. The fourth-order valence-corrected chi connectivity index (χ4v) is 8.69. The Kier molecular flexibility index (Phi) is 34.4. The largest absolute Gasteiger partial charge is 0.480 e. The van der Waals surface area contributed by atoms with Gasteiger partial charge in [0.05, 0.1) is 12.6 Å². The third-order valence-corrected chi connectivity index (χ3v) is 14.2. The quantitative estimate of drug-likeness (QED) is 0.0168. The molecule has 478 valence electrons. The molecule has 1 fully saturated rings. The molecule has 0 aliphatic carbocycles. The van der Waals surface area contributed by atoms with Gasteiger partial charge in [-0.1, -0.05) is 68.2 Å². The second-order valence-electron chi connectivity index (χ2n) is 22.7. The molecule has 0 saturated carbocycles. The van der Waals surface area contributed by atoms with Crippen molar-refractivity contribution in [1.82, 2.24) is 63.8 Å². The zero-order valence-electron chi connectivity index (χ0n) is 51.3. The van der Waals surface area contributed by atoms with Crippen molar-refractivity contribution in [2.24, 2.45) is 45.9 Å². The number of hydrogen-bond donors (Lipinski definition) is 16. The van der Waals surface area contributed by atoms with Gasteiger partial charge < -0.3 is 86.1 Å². The smallest absolute Gasteiger partial charge is 0.325 e. The number of carbonyl (C=O) groups excluding carboxylic acids is 11. The number of carbonyl (C=O) groups is 12. The highest BCUT2D eigenvalue weighted by Crippen LogP contribution is 2.15. The number of aliphatic imine (C=N–C) groups is 1. The Balaban J connectivity index is 3.13. The van der Waals surface area contributed by atoms with Crippen LogP contribution in [-0.2, 0) is 57.5 Å². The zero-order valence-corrected chi connectivity index (χ0v) is 51.3. The normalized spacial score (nSPS) is 17.2. The first kappa shape index (κ1) is 74.8. The van der Waals surface area contributed by atoms with E-state index in [9.17, 15) is 62.6 Å². The number of guanidine groups is 1. The Morgan fingerprint density at radius 1 is 0.512 bits per heavy atom. The van der Waals surface area contributed by atoms with Crippen molar-refractivity contribution in [3.63, 3.8) is 0 Å². The summed E-state index contributed by atoms with van der Waals surface area (Å²) in [5, 5.41) is 40.9. The minimum absolute atomic E-state index is 0.0320. The Labute approximate surface area is 494 Å². The van der Waals surface area contributed by atoms with Crippen LogP contribution in [0.1, 0.15) is 154 Å². The van der Waals surface area contributed by atoms with E-state index in [2.05, 4.69) is 68.8 Å². The SMILES string of the molecule is CC[C@H](C)[C@H](NC(=O)[C@H](C)NC(=O)CNC(=O)[C@H](C)NC(=O)[C@H](CCCN=C(N)N)NC(=O)[C@@H](NC(=O)[C@H](CC(C)C)NC(=O)[C@H](CCCCN)NC(=O)[C@@H]1CCCN1)[C@@H](C)CC)C(=O)N[C@@H](C)C(=O)N[C@@H](CC(C)C)C(=O)N[C@@H](C)C(=O)O. The molecule has 0 aromatic carbocycles. The van der Waals surface area contributed by atoms with Gasteiger partial charge in [0.2, 0.25) is 65.0 Å². The molecule has 29 heteroatoms. The van der Waals surface area contributed by atoms with E-state index in [1.54, 1.807) is 41.5 Å². The van der Waals surface area contributed by atoms with Gasteiger partial charge in [-0.25, -0.2) is 0 Å². The molecule has 0 radical (unpaired) electrons. The van der Waals surface area contributed by atoms with Crippen LogP contribution in [-0.4, -0.2) is 175 Å². The van der Waals surface area contributed by atoms with E-state index >= 15 is 0 Å². The van der Waals surface area contributed by atoms with E-state index in [-0.39, 0.29) is 62.4 Å². The van der Waals surface area contributed by atoms with Gasteiger partial charge >= 0.3 is 5.97 Å². The number of nitrogens with two attached hydrogens (primary N) is 3. The van der Waals surface area contributed by atoms with Crippen molar-refractivity contribution >= 4 is 76.9 Å². The van der Waals surface area contributed by atoms with Gasteiger partial charge in [0.1, 0.15) is 60.4 Å². The highest BCUT2D eigenvalue weighted by atomic mass is 16.4. The molecule has 1 aliphatic rings. The number of carboxylic acids is 1. The van der Waals surface area contributed by atoms with Crippen molar-refractivity contribution in [2.75, 3.05) is 26.2 Å². The summed E-state index contributed by atoms with van der Waals surface area (Å²) in [5.41, 5.74) is 16.7. The first-order valence-corrected chi connectivity index (χ1v) is 29.4. The predicted octanol–water partition coefficient (Wildman–Crippen LogP) is -2.77. The van der Waals surface area contributed by atoms with Crippen molar-refractivity contribution in [3.8, 4) is 0 Å². The summed E-state index contributed by atoms with van der Waals surface area (Å²) in [6.07, 6.45) is 4.17. The lowest BCUT2D eigenvalue weighted by Crippen LogP contribution is -2.60. The minimum atomic E-state index is -1.30. The number of unbranched alkanes of at least 4 members (excludes halogenated alkanes) is 1. The molecule has 11 amide bonds. The first-order valence-electron chi connectivity index (χ1n) is 29.4. The topological polar surface area (TPSA) is 460 Å². The molecule has 19 N–H and O–H groups in total. The van der Waals surface area contributed by atoms with Crippen LogP contribution in [0.4, 0.5) is 0 Å². The lowest BCUT2D eigenvalue weighted by molar-refractivity contribution is -0.142. The molecule has 0 aromatic rings. The number of amides is 11. The van der Waals surface area contributed by atoms with Crippen molar-refractivity contribution in [2.45, 2.75) is 220 Å². The highest BCUT2D eigenvalue weighted by Gasteiger charge is 2.36. The number of carboxylic acid groups (broad SMARTS) is 1. The Bertz CT molecular complexity index is 2240. The maximum absolute atomic E-state index is 14.2. The minimum Gasteiger partial charge on any atom is -0.480 e. The van der Waals surface area contributed by atoms with E-state index < -0.39 is 150 Å². The van der Waals surface area contributed by atoms with Gasteiger partial charge in [-0.3, -0.25) is 62.5 Å². The van der Waals surface area contributed by atoms with Crippen molar-refractivity contribution in [1.29, 1.82) is 0 Å². The van der Waals surface area contributed by atoms with Crippen LogP contribution in [0.5, 0.6) is 0 Å². The maximum Gasteiger partial charge on any atom is 0.325 e. The third-order valence-electron chi connectivity index (χ3n) is 14.2. The van der Waals surface area contributed by atoms with Gasteiger partial charge in [0, 0.05) is 6.54 Å². The number of hydrogen-bond acceptors (Lipinski definition) is 15. The fourth-order valence-electron chi connectivity index (χ4n) is 8.69. The lowest BCUT2D eigenvalue weighted by Gasteiger charge is -2.30. The monoisotopic (exact) mass is 1190 g/mol. The molecule has 0 aromatic heterocycles. The van der Waals surface area contributed by atoms with Crippen LogP contribution in [0.25, 0.3) is 0 Å². The van der Waals surface area contributed by atoms with Crippen LogP contribution < -0.4 is 81.0 Å². The average molecular weight is 1190 g/mol. The van der Waals surface area contributed by atoms with Gasteiger partial charge in [0.25, 0.3) is 0 Å². The van der Waals surface area contributed by atoms with Gasteiger partial charge in [-0.05, 0) is 122 Å². The Morgan fingerprint density at radius 2 is 0.940 bits per heavy atom. The van der Waals surface area contributed by atoms with Gasteiger partial charge in [-0.2, -0.15) is 0 Å². The second kappa shape index (κ2) is 38.6. The van der Waals surface area contributed by atoms with Crippen LogP contribution in [0, 0.1) is 23.7 Å². The summed E-state index contributed by atoms with van der Waals surface area (Å²) in [6, 6.07) is -12.3. The molecule has 0 unspecified atom stereocenters. The summed E-state index contributed by atoms with van der Waals surface area (Å²) < 4.78 is 0. The molecule has 29 nitrogen and oxygen atoms in total. The van der Waals surface area contributed by atoms with Gasteiger partial charge in [-0.15, -0.1) is 0 Å². The van der Waals surface area contributed by atoms with Gasteiger partial charge in [0.15, 0.2) is 5.96 Å². The van der Waals surface area contributed by atoms with Crippen molar-refractivity contribution < 1.29 is 62.6 Å². The van der Waals surface area contributed by atoms with E-state index in [0.29, 0.717) is 45.2 Å². The molecule has 1 heterocycles. The van der Waals surface area contributed by atoms with Crippen LogP contribution in [0.15, 0.2) is 4.99 Å². The highest BCUT2D eigenvalue weighted by molar-refractivity contribution is 5.99. The standard InChI is InChI=1S/C55H100N16O13/c1-13-30(7)42(52(81)64-34(11)45(74)68-39(25-28(3)4)50(79)65-35(12)54(83)84)70-46(75)33(10)62-41(72)27-61-44(73)32(9)63-48(77)38(21-18-24-60-55(57)58)67-53(82)43(31(8)14-2)71-51(80)40(26-29(5)6)69-49(78)37(19-15-16-22-56)66-47(76)36-20-17-23-59-36/h28-40,42-43,59H,13-27,56H2,1-12H3,(H,61,73)(H,62,72)(H,63,77)(H,64,81)(H,65,79)(H,66,76)(H,67,82)(H,68,74)(H,69,78)(H,70,75)(H,71,80)(H,83,84)(H4,57,58,60)/t30-,31-,32-,33-,34-,35-,36-,37-,38-,39-,40-,42-,43-/m0/s1. The average Bonchev–Trinajstić information content (AvgIpc) is 4.09. The fraction of sp³-hybridized carbons (Fsp3) is 0.764. The molecule has 0 spiro atoms. The molecule has 0 bridgehead atoms. The molecule has 1 rings (SSSR count). The van der Waals surface area contributed by atoms with E-state index in [4.69, 9.17) is 17.2 Å². The van der Waals surface area contributed by atoms with E-state index in [1.165, 1.54) is 27.7 Å². The maximum atomic E-state index is 14.2. The number of rotatable bonds is 39. The summed E-state index contributed by atoms with van der Waals surface area (Å²) in [6.45, 7) is 20.1. The first-order chi connectivity index (χ1) is 39.4. The van der Waals surface area contributed by atoms with E-state index in [1.807, 2.05) is 13.8 Å². The molecule has 13 atom stereocenters. The lowest BCUT2D eigenvalue weighted by atomic mass is 9.96. The molecular formula is C55H100N16O13. The number of aliphatic carboxylic acids is 1. The summed E-state index contributed by atoms with van der Waals surface area (Å²) in [5.74, 6) is -10.3. The number of nitrogens with one attached hydrogen (secondary N) is 12. The zero-order chi connectivity index (χ0) is 64.0. The third kappa shape index (κ3) is 27.9. The Morgan fingerprint density at radius 3 is 1.45 bits per heavy atom. The summed E-state index contributed by atoms with van der Waals surface area (Å²) in [7, 11) is 0. The number of nitrogens with zero attached hydrogens (tertiary/aromatic N) is 1. The summed E-state index contributed by atoms with van der Waals surface area (Å²) >= 11 is 0. The molecule has 84 heavy (non-hydrogen) atoms. The molecule has 1 aliphatic heterocycles. The predicted molar refractivity (Wildman–Crippen MR) is 314 cm³/mol. The van der Waals surface area contributed by atoms with E-state index in [0.717, 1.165) is 6.42 Å². The molecular weight excluding hydrogens is 1090 g/mol. The molecule has 1 saturated heterocycles. The van der Waals surface area contributed by atoms with Crippen LogP contribution in [0.2, 0.25) is 0 Å². The van der Waals surface area contributed by atoms with Crippen LogP contribution in [0.3, 0.4) is 0 Å². The van der Waals surface area contributed by atoms with Crippen LogP contribution >= 0.6 is 0 Å². The van der Waals surface area contributed by atoms with Crippen molar-refractivity contribution in [3.05, 3.63) is 0 Å². The Hall–Kier alpha value is -7.17. The summed E-state index contributed by atoms with van der Waals surface area (Å²) in [4.78, 5) is 164.